The maximum absolute atomic E-state index is 12.2. The van der Waals surface area contributed by atoms with E-state index in [2.05, 4.69) is 15.5 Å². The summed E-state index contributed by atoms with van der Waals surface area (Å²) in [4.78, 5) is 21.7. The van der Waals surface area contributed by atoms with E-state index in [1.54, 1.807) is 7.11 Å². The van der Waals surface area contributed by atoms with E-state index in [1.165, 1.54) is 11.3 Å². The predicted molar refractivity (Wildman–Crippen MR) is 87.7 cm³/mol. The molecule has 1 aromatic heterocycles. The fraction of sp³-hybridized carbons (Fsp3) is 0.312. The first kappa shape index (κ1) is 15.5. The molecule has 23 heavy (non-hydrogen) atoms. The van der Waals surface area contributed by atoms with Gasteiger partial charge in [0.05, 0.1) is 19.4 Å². The van der Waals surface area contributed by atoms with Crippen LogP contribution in [0.2, 0.25) is 0 Å². The molecule has 7 heteroatoms. The average Bonchev–Trinajstić information content (AvgIpc) is 3.22. The maximum atomic E-state index is 12.2. The van der Waals surface area contributed by atoms with E-state index in [9.17, 15) is 4.79 Å². The number of carbonyl (C=O) groups is 1. The number of aromatic nitrogens is 1. The van der Waals surface area contributed by atoms with E-state index < -0.39 is 6.10 Å². The molecule has 6 nitrogen and oxygen atoms in total. The number of rotatable bonds is 5. The lowest BCUT2D eigenvalue weighted by Gasteiger charge is -2.08. The molecule has 2 heterocycles. The number of amides is 1. The lowest BCUT2D eigenvalue weighted by atomic mass is 10.0. The zero-order chi connectivity index (χ0) is 16.2. The Morgan fingerprint density at radius 2 is 2.39 bits per heavy atom. The minimum absolute atomic E-state index is 0.181. The SMILES string of the molecule is COc1cccc(C2=NOC(C(=O)NCc3nc(C)cs3)C2)c1. The number of methoxy groups -OCH3 is 1. The lowest BCUT2D eigenvalue weighted by Crippen LogP contribution is -2.34. The van der Waals surface area contributed by atoms with Gasteiger partial charge in [0.25, 0.3) is 5.91 Å². The second kappa shape index (κ2) is 6.78. The van der Waals surface area contributed by atoms with Gasteiger partial charge in [-0.05, 0) is 19.1 Å². The minimum Gasteiger partial charge on any atom is -0.497 e. The van der Waals surface area contributed by atoms with Gasteiger partial charge in [0, 0.05) is 23.1 Å². The Morgan fingerprint density at radius 1 is 1.52 bits per heavy atom. The van der Waals surface area contributed by atoms with Crippen LogP contribution in [0, 0.1) is 6.92 Å². The third-order valence-electron chi connectivity index (χ3n) is 3.44. The first-order chi connectivity index (χ1) is 11.2. The smallest absolute Gasteiger partial charge is 0.264 e. The normalized spacial score (nSPS) is 16.6. The van der Waals surface area contributed by atoms with E-state index in [4.69, 9.17) is 9.57 Å². The lowest BCUT2D eigenvalue weighted by molar-refractivity contribution is -0.131. The molecule has 1 atom stereocenters. The van der Waals surface area contributed by atoms with Crippen molar-refractivity contribution in [3.8, 4) is 5.75 Å². The van der Waals surface area contributed by atoms with E-state index in [0.717, 1.165) is 27.7 Å². The van der Waals surface area contributed by atoms with Gasteiger partial charge in [-0.1, -0.05) is 17.3 Å². The van der Waals surface area contributed by atoms with Gasteiger partial charge < -0.3 is 14.9 Å². The summed E-state index contributed by atoms with van der Waals surface area (Å²) in [7, 11) is 1.61. The number of aryl methyl sites for hydroxylation is 1. The quantitative estimate of drug-likeness (QED) is 0.912. The fourth-order valence-electron chi connectivity index (χ4n) is 2.25. The van der Waals surface area contributed by atoms with Gasteiger partial charge in [-0.15, -0.1) is 11.3 Å². The summed E-state index contributed by atoms with van der Waals surface area (Å²) >= 11 is 1.53. The molecular formula is C16H17N3O3S. The number of nitrogens with zero attached hydrogens (tertiary/aromatic N) is 2. The van der Waals surface area contributed by atoms with E-state index in [1.807, 2.05) is 36.6 Å². The number of thiazole rings is 1. The molecule has 1 aromatic carbocycles. The summed E-state index contributed by atoms with van der Waals surface area (Å²) in [6.07, 6.45) is -0.159. The number of hydrogen-bond donors (Lipinski definition) is 1. The van der Waals surface area contributed by atoms with Gasteiger partial charge in [0.15, 0.2) is 0 Å². The number of nitrogens with one attached hydrogen (secondary N) is 1. The molecule has 3 rings (SSSR count). The standard InChI is InChI=1S/C16H17N3O3S/c1-10-9-23-15(18-10)8-17-16(20)14-7-13(19-22-14)11-4-3-5-12(6-11)21-2/h3-6,9,14H,7-8H2,1-2H3,(H,17,20). The molecule has 1 aliphatic rings. The van der Waals surface area contributed by atoms with Crippen molar-refractivity contribution in [3.05, 3.63) is 45.9 Å². The van der Waals surface area contributed by atoms with Crippen LogP contribution in [0.3, 0.4) is 0 Å². The summed E-state index contributed by atoms with van der Waals surface area (Å²) in [5, 5.41) is 9.70. The fourth-order valence-corrected chi connectivity index (χ4v) is 2.96. The predicted octanol–water partition coefficient (Wildman–Crippen LogP) is 2.27. The van der Waals surface area contributed by atoms with Gasteiger partial charge in [-0.3, -0.25) is 4.79 Å². The highest BCUT2D eigenvalue weighted by Crippen LogP contribution is 2.20. The van der Waals surface area contributed by atoms with Crippen LogP contribution in [0.4, 0.5) is 0 Å². The molecule has 0 saturated heterocycles. The van der Waals surface area contributed by atoms with Crippen LogP contribution in [0.1, 0.15) is 22.7 Å². The molecule has 0 bridgehead atoms. The Hall–Kier alpha value is -2.41. The summed E-state index contributed by atoms with van der Waals surface area (Å²) < 4.78 is 5.20. The Balaban J connectivity index is 1.56. The van der Waals surface area contributed by atoms with Gasteiger partial charge >= 0.3 is 0 Å². The summed E-state index contributed by atoms with van der Waals surface area (Å²) in [5.41, 5.74) is 2.60. The van der Waals surface area contributed by atoms with Crippen LogP contribution >= 0.6 is 11.3 Å². The molecule has 0 aliphatic carbocycles. The molecule has 1 unspecified atom stereocenters. The number of oxime groups is 1. The van der Waals surface area contributed by atoms with Crippen molar-refractivity contribution >= 4 is 23.0 Å². The van der Waals surface area contributed by atoms with Crippen LogP contribution in [0.25, 0.3) is 0 Å². The molecule has 0 radical (unpaired) electrons. The van der Waals surface area contributed by atoms with E-state index in [0.29, 0.717) is 13.0 Å². The second-order valence-electron chi connectivity index (χ2n) is 5.17. The van der Waals surface area contributed by atoms with Crippen molar-refractivity contribution < 1.29 is 14.4 Å². The Morgan fingerprint density at radius 3 is 3.13 bits per heavy atom. The summed E-state index contributed by atoms with van der Waals surface area (Å²) in [6, 6.07) is 7.54. The third kappa shape index (κ3) is 3.68. The van der Waals surface area contributed by atoms with Crippen molar-refractivity contribution in [2.45, 2.75) is 26.0 Å². The highest BCUT2D eigenvalue weighted by Gasteiger charge is 2.28. The molecular weight excluding hydrogens is 314 g/mol. The Kier molecular flexibility index (Phi) is 4.57. The second-order valence-corrected chi connectivity index (χ2v) is 6.11. The Bertz CT molecular complexity index is 742. The van der Waals surface area contributed by atoms with Crippen molar-refractivity contribution in [2.75, 3.05) is 7.11 Å². The maximum Gasteiger partial charge on any atom is 0.264 e. The number of benzene rings is 1. The zero-order valence-corrected chi connectivity index (χ0v) is 13.7. The van der Waals surface area contributed by atoms with Gasteiger partial charge in [0.2, 0.25) is 6.10 Å². The first-order valence-corrected chi connectivity index (χ1v) is 8.09. The molecule has 120 valence electrons. The summed E-state index contributed by atoms with van der Waals surface area (Å²) in [6.45, 7) is 2.34. The van der Waals surface area contributed by atoms with E-state index in [-0.39, 0.29) is 5.91 Å². The van der Waals surface area contributed by atoms with Gasteiger partial charge in [-0.2, -0.15) is 0 Å². The van der Waals surface area contributed by atoms with Crippen LogP contribution in [0.15, 0.2) is 34.8 Å². The molecule has 1 amide bonds. The van der Waals surface area contributed by atoms with Crippen molar-refractivity contribution in [3.63, 3.8) is 0 Å². The number of hydrogen-bond acceptors (Lipinski definition) is 6. The molecule has 2 aromatic rings. The minimum atomic E-state index is -0.600. The van der Waals surface area contributed by atoms with Crippen LogP contribution in [-0.2, 0) is 16.2 Å². The molecule has 1 aliphatic heterocycles. The van der Waals surface area contributed by atoms with Crippen LogP contribution in [0.5, 0.6) is 5.75 Å². The monoisotopic (exact) mass is 331 g/mol. The highest BCUT2D eigenvalue weighted by atomic mass is 32.1. The van der Waals surface area contributed by atoms with Crippen molar-refractivity contribution in [2.24, 2.45) is 5.16 Å². The highest BCUT2D eigenvalue weighted by molar-refractivity contribution is 7.09. The Labute approximate surface area is 138 Å². The third-order valence-corrected chi connectivity index (χ3v) is 4.41. The zero-order valence-electron chi connectivity index (χ0n) is 12.9. The van der Waals surface area contributed by atoms with Crippen LogP contribution < -0.4 is 10.1 Å². The van der Waals surface area contributed by atoms with Crippen molar-refractivity contribution in [1.82, 2.24) is 10.3 Å². The van der Waals surface area contributed by atoms with Crippen molar-refractivity contribution in [1.29, 1.82) is 0 Å². The number of ether oxygens (including phenoxy) is 1. The molecule has 0 saturated carbocycles. The molecule has 1 N–H and O–H groups in total. The van der Waals surface area contributed by atoms with Gasteiger partial charge in [-0.25, -0.2) is 4.98 Å². The first-order valence-electron chi connectivity index (χ1n) is 7.21. The van der Waals surface area contributed by atoms with Crippen LogP contribution in [-0.4, -0.2) is 29.8 Å². The average molecular weight is 331 g/mol. The molecule has 0 spiro atoms. The topological polar surface area (TPSA) is 72.8 Å². The number of carbonyl (C=O) groups excluding carboxylic acids is 1. The largest absolute Gasteiger partial charge is 0.497 e. The van der Waals surface area contributed by atoms with Gasteiger partial charge in [0.1, 0.15) is 10.8 Å². The van der Waals surface area contributed by atoms with E-state index >= 15 is 0 Å². The summed E-state index contributed by atoms with van der Waals surface area (Å²) in [5.74, 6) is 0.566. The molecule has 0 fully saturated rings.